The zero-order valence-corrected chi connectivity index (χ0v) is 11.0. The average Bonchev–Trinajstić information content (AvgIpc) is 1.97. The van der Waals surface area contributed by atoms with Gasteiger partial charge in [0.2, 0.25) is 0 Å². The van der Waals surface area contributed by atoms with Crippen LogP contribution in [0.3, 0.4) is 0 Å². The number of rotatable bonds is 0. The Bertz CT molecular complexity index is 274. The molecule has 0 aromatic heterocycles. The van der Waals surface area contributed by atoms with Crippen molar-refractivity contribution >= 4 is 73.3 Å². The van der Waals surface area contributed by atoms with Crippen molar-refractivity contribution < 1.29 is 0 Å². The molecule has 1 aromatic rings. The molecular formula is C6HBrCl3I. The van der Waals surface area contributed by atoms with Gasteiger partial charge in [0.15, 0.2) is 0 Å². The molecule has 0 unspecified atom stereocenters. The molecule has 0 N–H and O–H groups in total. The molecule has 60 valence electrons. The quantitative estimate of drug-likeness (QED) is 0.334. The van der Waals surface area contributed by atoms with Gasteiger partial charge in [0.1, 0.15) is 0 Å². The fourth-order valence-electron chi connectivity index (χ4n) is 0.544. The fraction of sp³-hybridized carbons (Fsp3) is 0. The Morgan fingerprint density at radius 1 is 1.18 bits per heavy atom. The fourth-order valence-corrected chi connectivity index (χ4v) is 2.48. The molecule has 0 heterocycles. The first-order valence-electron chi connectivity index (χ1n) is 2.52. The van der Waals surface area contributed by atoms with Crippen LogP contribution in [0.2, 0.25) is 15.1 Å². The Kier molecular flexibility index (Phi) is 3.78. The zero-order chi connectivity index (χ0) is 8.59. The van der Waals surface area contributed by atoms with Crippen LogP contribution in [0.4, 0.5) is 0 Å². The van der Waals surface area contributed by atoms with Crippen molar-refractivity contribution in [3.05, 3.63) is 29.2 Å². The third-order valence-corrected chi connectivity index (χ3v) is 5.33. The van der Waals surface area contributed by atoms with Crippen molar-refractivity contribution in [2.45, 2.75) is 0 Å². The summed E-state index contributed by atoms with van der Waals surface area (Å²) in [5.41, 5.74) is 0. The van der Waals surface area contributed by atoms with Crippen LogP contribution in [0, 0.1) is 3.57 Å². The first-order chi connectivity index (χ1) is 5.04. The number of benzene rings is 1. The molecule has 0 nitrogen and oxygen atoms in total. The van der Waals surface area contributed by atoms with Crippen LogP contribution >= 0.6 is 73.3 Å². The molecule has 0 saturated heterocycles. The highest BCUT2D eigenvalue weighted by Gasteiger charge is 2.09. The summed E-state index contributed by atoms with van der Waals surface area (Å²) in [4.78, 5) is 0. The van der Waals surface area contributed by atoms with Crippen LogP contribution in [-0.2, 0) is 0 Å². The van der Waals surface area contributed by atoms with E-state index in [1.165, 1.54) is 0 Å². The molecule has 11 heavy (non-hydrogen) atoms. The minimum Gasteiger partial charge on any atom is -0.0830 e. The SMILES string of the molecule is Clc1cc(Cl)c(Br)c(I)c1Cl. The molecule has 0 aliphatic rings. The predicted molar refractivity (Wildman–Crippen MR) is 61.9 cm³/mol. The third kappa shape index (κ3) is 2.15. The minimum atomic E-state index is 0.476. The van der Waals surface area contributed by atoms with Gasteiger partial charge in [0.25, 0.3) is 0 Å². The van der Waals surface area contributed by atoms with Crippen molar-refractivity contribution in [3.63, 3.8) is 0 Å². The number of hydrogen-bond acceptors (Lipinski definition) is 0. The summed E-state index contributed by atoms with van der Waals surface area (Å²) in [5, 5.41) is 1.58. The Morgan fingerprint density at radius 2 is 1.73 bits per heavy atom. The van der Waals surface area contributed by atoms with Gasteiger partial charge >= 0.3 is 0 Å². The van der Waals surface area contributed by atoms with Gasteiger partial charge in [0, 0.05) is 3.57 Å². The molecule has 0 saturated carbocycles. The van der Waals surface area contributed by atoms with E-state index in [1.54, 1.807) is 6.07 Å². The summed E-state index contributed by atoms with van der Waals surface area (Å²) in [7, 11) is 0. The van der Waals surface area contributed by atoms with Gasteiger partial charge in [-0.25, -0.2) is 0 Å². The maximum atomic E-state index is 5.83. The maximum Gasteiger partial charge on any atom is 0.0738 e. The zero-order valence-electron chi connectivity index (χ0n) is 4.97. The van der Waals surface area contributed by atoms with Gasteiger partial charge in [-0.15, -0.1) is 0 Å². The average molecular weight is 386 g/mol. The van der Waals surface area contributed by atoms with E-state index in [9.17, 15) is 0 Å². The molecular weight excluding hydrogens is 385 g/mol. The Hall–Kier alpha value is 1.30. The van der Waals surface area contributed by atoms with Crippen molar-refractivity contribution in [1.29, 1.82) is 0 Å². The van der Waals surface area contributed by atoms with Crippen LogP contribution < -0.4 is 0 Å². The van der Waals surface area contributed by atoms with Gasteiger partial charge in [-0.05, 0) is 44.6 Å². The predicted octanol–water partition coefficient (Wildman–Crippen LogP) is 5.01. The third-order valence-electron chi connectivity index (χ3n) is 1.06. The van der Waals surface area contributed by atoms with Gasteiger partial charge < -0.3 is 0 Å². The highest BCUT2D eigenvalue weighted by molar-refractivity contribution is 14.1. The summed E-state index contributed by atoms with van der Waals surface area (Å²) in [5.74, 6) is 0. The highest BCUT2D eigenvalue weighted by atomic mass is 127. The summed E-state index contributed by atoms with van der Waals surface area (Å²) in [6.45, 7) is 0. The molecule has 5 heteroatoms. The molecule has 0 spiro atoms. The van der Waals surface area contributed by atoms with E-state index in [2.05, 4.69) is 38.5 Å². The number of hydrogen-bond donors (Lipinski definition) is 0. The van der Waals surface area contributed by atoms with E-state index in [0.717, 1.165) is 8.04 Å². The summed E-state index contributed by atoms with van der Waals surface area (Å²) < 4.78 is 1.62. The standard InChI is InChI=1S/C6HBrCl3I/c7-4-2(8)1-3(9)5(10)6(4)11/h1H. The molecule has 0 amide bonds. The lowest BCUT2D eigenvalue weighted by atomic mass is 10.4. The number of halogens is 5. The lowest BCUT2D eigenvalue weighted by Crippen LogP contribution is -1.80. The van der Waals surface area contributed by atoms with E-state index < -0.39 is 0 Å². The van der Waals surface area contributed by atoms with Crippen molar-refractivity contribution in [3.8, 4) is 0 Å². The Labute approximate surface area is 101 Å². The van der Waals surface area contributed by atoms with Crippen LogP contribution in [-0.4, -0.2) is 0 Å². The first-order valence-corrected chi connectivity index (χ1v) is 5.53. The van der Waals surface area contributed by atoms with E-state index in [1.807, 2.05) is 0 Å². The Morgan fingerprint density at radius 3 is 2.27 bits per heavy atom. The molecule has 1 aromatic carbocycles. The molecule has 1 rings (SSSR count). The summed E-state index contributed by atoms with van der Waals surface area (Å²) in [6.07, 6.45) is 0. The van der Waals surface area contributed by atoms with E-state index in [4.69, 9.17) is 34.8 Å². The van der Waals surface area contributed by atoms with Crippen molar-refractivity contribution in [1.82, 2.24) is 0 Å². The van der Waals surface area contributed by atoms with Gasteiger partial charge in [-0.3, -0.25) is 0 Å². The lowest BCUT2D eigenvalue weighted by molar-refractivity contribution is 1.58. The summed E-state index contributed by atoms with van der Waals surface area (Å²) in [6, 6.07) is 1.61. The van der Waals surface area contributed by atoms with Crippen molar-refractivity contribution in [2.75, 3.05) is 0 Å². The van der Waals surface area contributed by atoms with E-state index >= 15 is 0 Å². The largest absolute Gasteiger partial charge is 0.0830 e. The maximum absolute atomic E-state index is 5.83. The van der Waals surface area contributed by atoms with Crippen molar-refractivity contribution in [2.24, 2.45) is 0 Å². The van der Waals surface area contributed by atoms with Crippen LogP contribution in [0.25, 0.3) is 0 Å². The second kappa shape index (κ2) is 4.01. The summed E-state index contributed by atoms with van der Waals surface area (Å²) >= 11 is 22.7. The smallest absolute Gasteiger partial charge is 0.0738 e. The molecule has 0 aliphatic heterocycles. The normalized spacial score (nSPS) is 10.3. The molecule has 0 fully saturated rings. The molecule has 0 aliphatic carbocycles. The topological polar surface area (TPSA) is 0 Å². The van der Waals surface area contributed by atoms with Crippen LogP contribution in [0.5, 0.6) is 0 Å². The lowest BCUT2D eigenvalue weighted by Gasteiger charge is -2.03. The van der Waals surface area contributed by atoms with Gasteiger partial charge in [-0.1, -0.05) is 34.8 Å². The Balaban J connectivity index is 3.46. The van der Waals surface area contributed by atoms with Crippen LogP contribution in [0.15, 0.2) is 10.5 Å². The molecule has 0 radical (unpaired) electrons. The van der Waals surface area contributed by atoms with Crippen LogP contribution in [0.1, 0.15) is 0 Å². The minimum absolute atomic E-state index is 0.476. The molecule has 0 atom stereocenters. The molecule has 0 bridgehead atoms. The second-order valence-corrected chi connectivity index (χ2v) is 4.85. The highest BCUT2D eigenvalue weighted by Crippen LogP contribution is 2.37. The second-order valence-electron chi connectivity index (χ2n) is 1.78. The van der Waals surface area contributed by atoms with Gasteiger partial charge in [0.05, 0.1) is 19.5 Å². The monoisotopic (exact) mass is 384 g/mol. The van der Waals surface area contributed by atoms with E-state index in [-0.39, 0.29) is 0 Å². The van der Waals surface area contributed by atoms with Gasteiger partial charge in [-0.2, -0.15) is 0 Å². The first kappa shape index (κ1) is 10.4. The van der Waals surface area contributed by atoms with E-state index in [0.29, 0.717) is 15.1 Å².